The van der Waals surface area contributed by atoms with Gasteiger partial charge in [-0.1, -0.05) is 0 Å². The molecule has 2 bridgehead atoms. The smallest absolute Gasteiger partial charge is 0.320 e. The Morgan fingerprint density at radius 2 is 1.93 bits per heavy atom. The Morgan fingerprint density at radius 1 is 1.27 bits per heavy atom. The largest absolute Gasteiger partial charge is 0.481 e. The van der Waals surface area contributed by atoms with Crippen molar-refractivity contribution in [2.75, 3.05) is 0 Å². The number of cyclic esters (lactones) is 2. The summed E-state index contributed by atoms with van der Waals surface area (Å²) in [5.74, 6) is -4.14. The molecule has 3 aliphatic rings. The lowest BCUT2D eigenvalue weighted by Gasteiger charge is -2.20. The van der Waals surface area contributed by atoms with Gasteiger partial charge in [0.05, 0.1) is 24.0 Å². The van der Waals surface area contributed by atoms with Crippen molar-refractivity contribution in [2.24, 2.45) is 17.8 Å². The fraction of sp³-hybridized carbons (Fsp3) is 0.667. The summed E-state index contributed by atoms with van der Waals surface area (Å²) in [5, 5.41) is 8.89. The molecule has 15 heavy (non-hydrogen) atoms. The summed E-state index contributed by atoms with van der Waals surface area (Å²) in [7, 11) is 0. The monoisotopic (exact) mass is 212 g/mol. The summed E-state index contributed by atoms with van der Waals surface area (Å²) in [6, 6.07) is 0. The highest BCUT2D eigenvalue weighted by Gasteiger charge is 2.66. The normalized spacial score (nSPS) is 46.8. The van der Waals surface area contributed by atoms with Crippen LogP contribution >= 0.6 is 0 Å². The molecular formula is C9H8O6. The first kappa shape index (κ1) is 8.84. The molecule has 80 valence electrons. The van der Waals surface area contributed by atoms with Crippen molar-refractivity contribution in [2.45, 2.75) is 18.6 Å². The Labute approximate surface area is 84.1 Å². The van der Waals surface area contributed by atoms with E-state index in [9.17, 15) is 14.4 Å². The van der Waals surface area contributed by atoms with E-state index in [2.05, 4.69) is 4.74 Å². The zero-order valence-electron chi connectivity index (χ0n) is 7.58. The molecule has 3 rings (SSSR count). The molecule has 3 aliphatic heterocycles. The summed E-state index contributed by atoms with van der Waals surface area (Å²) in [6.45, 7) is 0. The van der Waals surface area contributed by atoms with Crippen molar-refractivity contribution >= 4 is 17.9 Å². The first-order valence-corrected chi connectivity index (χ1v) is 4.73. The van der Waals surface area contributed by atoms with E-state index in [-0.39, 0.29) is 0 Å². The lowest BCUT2D eigenvalue weighted by atomic mass is 9.75. The molecule has 0 aliphatic carbocycles. The summed E-state index contributed by atoms with van der Waals surface area (Å²) >= 11 is 0. The highest BCUT2D eigenvalue weighted by molar-refractivity contribution is 5.98. The Morgan fingerprint density at radius 3 is 2.60 bits per heavy atom. The molecule has 0 aromatic heterocycles. The summed E-state index contributed by atoms with van der Waals surface area (Å²) in [6.07, 6.45) is -0.847. The van der Waals surface area contributed by atoms with Crippen LogP contribution in [0.3, 0.4) is 0 Å². The van der Waals surface area contributed by atoms with Crippen LogP contribution in [0, 0.1) is 17.8 Å². The molecule has 5 atom stereocenters. The number of carboxylic acids is 1. The number of esters is 2. The molecular weight excluding hydrogens is 204 g/mol. The van der Waals surface area contributed by atoms with Gasteiger partial charge in [-0.2, -0.15) is 0 Å². The van der Waals surface area contributed by atoms with Crippen molar-refractivity contribution in [3.05, 3.63) is 0 Å². The number of hydrogen-bond acceptors (Lipinski definition) is 5. The highest BCUT2D eigenvalue weighted by Crippen LogP contribution is 2.50. The molecule has 6 heteroatoms. The number of fused-ring (bicyclic) bond motifs is 5. The maximum absolute atomic E-state index is 11.3. The number of hydrogen-bond donors (Lipinski definition) is 1. The van der Waals surface area contributed by atoms with Crippen LogP contribution in [0.1, 0.15) is 6.42 Å². The van der Waals surface area contributed by atoms with Gasteiger partial charge >= 0.3 is 17.9 Å². The first-order chi connectivity index (χ1) is 7.09. The number of rotatable bonds is 1. The zero-order chi connectivity index (χ0) is 10.7. The zero-order valence-corrected chi connectivity index (χ0v) is 7.58. The van der Waals surface area contributed by atoms with Gasteiger partial charge in [0.25, 0.3) is 0 Å². The second kappa shape index (κ2) is 2.57. The fourth-order valence-corrected chi connectivity index (χ4v) is 2.79. The Balaban J connectivity index is 1.95. The third-order valence-corrected chi connectivity index (χ3v) is 3.42. The van der Waals surface area contributed by atoms with E-state index in [1.54, 1.807) is 0 Å². The van der Waals surface area contributed by atoms with Gasteiger partial charge in [0, 0.05) is 0 Å². The average Bonchev–Trinajstić information content (AvgIpc) is 2.77. The summed E-state index contributed by atoms with van der Waals surface area (Å²) in [4.78, 5) is 33.4. The van der Waals surface area contributed by atoms with Crippen LogP contribution in [-0.2, 0) is 23.9 Å². The van der Waals surface area contributed by atoms with Crippen LogP contribution in [0.4, 0.5) is 0 Å². The van der Waals surface area contributed by atoms with E-state index in [4.69, 9.17) is 9.84 Å². The minimum Gasteiger partial charge on any atom is -0.481 e. The van der Waals surface area contributed by atoms with Crippen molar-refractivity contribution < 1.29 is 29.0 Å². The Hall–Kier alpha value is -1.43. The van der Waals surface area contributed by atoms with E-state index >= 15 is 0 Å². The lowest BCUT2D eigenvalue weighted by molar-refractivity contribution is -0.156. The van der Waals surface area contributed by atoms with Crippen molar-refractivity contribution in [3.8, 4) is 0 Å². The van der Waals surface area contributed by atoms with Gasteiger partial charge < -0.3 is 14.6 Å². The van der Waals surface area contributed by atoms with Crippen LogP contribution in [0.5, 0.6) is 0 Å². The number of carbonyl (C=O) groups is 3. The van der Waals surface area contributed by atoms with Crippen LogP contribution in [0.2, 0.25) is 0 Å². The molecule has 3 heterocycles. The second-order valence-electron chi connectivity index (χ2n) is 4.11. The van der Waals surface area contributed by atoms with Gasteiger partial charge in [-0.15, -0.1) is 0 Å². The van der Waals surface area contributed by atoms with Crippen molar-refractivity contribution in [1.29, 1.82) is 0 Å². The van der Waals surface area contributed by atoms with Gasteiger partial charge in [0.15, 0.2) is 0 Å². The number of carboxylic acid groups (broad SMARTS) is 1. The molecule has 0 unspecified atom stereocenters. The maximum Gasteiger partial charge on any atom is 0.320 e. The third-order valence-electron chi connectivity index (χ3n) is 3.42. The van der Waals surface area contributed by atoms with Crippen LogP contribution < -0.4 is 0 Å². The standard InChI is InChI=1S/C9H8O6/c10-7(11)2-1-3-4-5(6(2)14-3)9(13)15-8(4)12/h2-6H,1H2,(H,10,11)/t2-,3-,4-,5-,6+/m1/s1. The Kier molecular flexibility index (Phi) is 1.52. The molecule has 0 amide bonds. The molecule has 3 fully saturated rings. The van der Waals surface area contributed by atoms with Gasteiger partial charge in [-0.05, 0) is 6.42 Å². The molecule has 0 aromatic carbocycles. The van der Waals surface area contributed by atoms with Gasteiger partial charge in [0.1, 0.15) is 5.92 Å². The molecule has 0 saturated carbocycles. The molecule has 0 aromatic rings. The van der Waals surface area contributed by atoms with E-state index in [1.807, 2.05) is 0 Å². The van der Waals surface area contributed by atoms with Gasteiger partial charge in [0.2, 0.25) is 0 Å². The fourth-order valence-electron chi connectivity index (χ4n) is 2.79. The third kappa shape index (κ3) is 0.944. The Bertz CT molecular complexity index is 375. The first-order valence-electron chi connectivity index (χ1n) is 4.73. The molecule has 6 nitrogen and oxygen atoms in total. The quantitative estimate of drug-likeness (QED) is 0.451. The van der Waals surface area contributed by atoms with Crippen LogP contribution in [0.25, 0.3) is 0 Å². The van der Waals surface area contributed by atoms with E-state index < -0.39 is 47.9 Å². The summed E-state index contributed by atoms with van der Waals surface area (Å²) in [5.41, 5.74) is 0. The van der Waals surface area contributed by atoms with E-state index in [0.717, 1.165) is 0 Å². The lowest BCUT2D eigenvalue weighted by Crippen LogP contribution is -2.38. The minimum atomic E-state index is -0.979. The van der Waals surface area contributed by atoms with Gasteiger partial charge in [-0.25, -0.2) is 0 Å². The average molecular weight is 212 g/mol. The predicted octanol–water partition coefficient (Wildman–Crippen LogP) is -0.826. The molecule has 3 saturated heterocycles. The predicted molar refractivity (Wildman–Crippen MR) is 42.5 cm³/mol. The van der Waals surface area contributed by atoms with E-state index in [0.29, 0.717) is 6.42 Å². The topological polar surface area (TPSA) is 89.9 Å². The summed E-state index contributed by atoms with van der Waals surface area (Å²) < 4.78 is 9.84. The van der Waals surface area contributed by atoms with Crippen LogP contribution in [0.15, 0.2) is 0 Å². The molecule has 0 spiro atoms. The van der Waals surface area contributed by atoms with Crippen molar-refractivity contribution in [1.82, 2.24) is 0 Å². The molecule has 0 radical (unpaired) electrons. The highest BCUT2D eigenvalue weighted by atomic mass is 16.6. The number of carbonyl (C=O) groups excluding carboxylic acids is 2. The minimum absolute atomic E-state index is 0.295. The van der Waals surface area contributed by atoms with Crippen molar-refractivity contribution in [3.63, 3.8) is 0 Å². The SMILES string of the molecule is O=C1OC(=O)[C@H]2[C@@H]1[C@H]1O[C@@H]2C[C@H]1C(=O)O. The number of ether oxygens (including phenoxy) is 2. The second-order valence-corrected chi connectivity index (χ2v) is 4.11. The van der Waals surface area contributed by atoms with Crippen LogP contribution in [-0.4, -0.2) is 35.2 Å². The van der Waals surface area contributed by atoms with E-state index in [1.165, 1.54) is 0 Å². The maximum atomic E-state index is 11.3. The van der Waals surface area contributed by atoms with Gasteiger partial charge in [-0.3, -0.25) is 14.4 Å². The molecule has 1 N–H and O–H groups in total. The number of aliphatic carboxylic acids is 1.